The molecule has 0 aromatic carbocycles. The quantitative estimate of drug-likeness (QED) is 0.661. The summed E-state index contributed by atoms with van der Waals surface area (Å²) in [5, 5.41) is 26.2. The molecule has 2 rings (SSSR count). The maximum absolute atomic E-state index is 11.3. The highest BCUT2D eigenvalue weighted by Gasteiger charge is 2.28. The maximum atomic E-state index is 11.3. The van der Waals surface area contributed by atoms with Crippen molar-refractivity contribution in [3.8, 4) is 0 Å². The van der Waals surface area contributed by atoms with Crippen molar-refractivity contribution < 1.29 is 4.92 Å². The third kappa shape index (κ3) is 2.73. The molecule has 0 aliphatic heterocycles. The molecule has 106 valence electrons. The second-order valence-corrected chi connectivity index (χ2v) is 4.69. The van der Waals surface area contributed by atoms with Gasteiger partial charge in [0.05, 0.1) is 17.2 Å². The van der Waals surface area contributed by atoms with Crippen molar-refractivity contribution >= 4 is 11.5 Å². The van der Waals surface area contributed by atoms with E-state index < -0.39 is 4.92 Å². The van der Waals surface area contributed by atoms with Gasteiger partial charge in [-0.2, -0.15) is 15.3 Å². The Balaban J connectivity index is 2.29. The van der Waals surface area contributed by atoms with Gasteiger partial charge in [-0.15, -0.1) is 0 Å². The first-order valence-electron chi connectivity index (χ1n) is 6.22. The molecule has 0 radical (unpaired) electrons. The molecule has 0 aliphatic carbocycles. The molecule has 0 saturated carbocycles. The zero-order valence-electron chi connectivity index (χ0n) is 11.6. The molecule has 20 heavy (non-hydrogen) atoms. The van der Waals surface area contributed by atoms with E-state index in [0.717, 1.165) is 0 Å². The molecule has 8 heteroatoms. The largest absolute Gasteiger partial charge is 0.359 e. The summed E-state index contributed by atoms with van der Waals surface area (Å²) < 4.78 is 1.49. The smallest absolute Gasteiger partial charge is 0.334 e. The molecule has 0 fully saturated rings. The van der Waals surface area contributed by atoms with Gasteiger partial charge in [0.2, 0.25) is 5.82 Å². The molecule has 1 N–H and O–H groups in total. The Labute approximate surface area is 116 Å². The van der Waals surface area contributed by atoms with Crippen molar-refractivity contribution in [1.29, 1.82) is 0 Å². The molecule has 0 amide bonds. The van der Waals surface area contributed by atoms with Crippen LogP contribution < -0.4 is 5.32 Å². The first-order valence-corrected chi connectivity index (χ1v) is 6.22. The Kier molecular flexibility index (Phi) is 3.92. The third-order valence-electron chi connectivity index (χ3n) is 2.84. The highest BCUT2D eigenvalue weighted by atomic mass is 16.6. The lowest BCUT2D eigenvalue weighted by atomic mass is 10.1. The molecule has 2 heterocycles. The minimum absolute atomic E-state index is 0.0198. The van der Waals surface area contributed by atoms with Crippen molar-refractivity contribution in [3.63, 3.8) is 0 Å². The number of aryl methyl sites for hydroxylation is 1. The summed E-state index contributed by atoms with van der Waals surface area (Å²) >= 11 is 0. The summed E-state index contributed by atoms with van der Waals surface area (Å²) in [5.74, 6) is 0.359. The van der Waals surface area contributed by atoms with Gasteiger partial charge in [-0.3, -0.25) is 10.1 Å². The highest BCUT2D eigenvalue weighted by molar-refractivity contribution is 5.60. The average molecular weight is 276 g/mol. The zero-order valence-corrected chi connectivity index (χ0v) is 11.6. The van der Waals surface area contributed by atoms with Crippen LogP contribution in [0.25, 0.3) is 0 Å². The van der Waals surface area contributed by atoms with Crippen molar-refractivity contribution in [1.82, 2.24) is 20.0 Å². The van der Waals surface area contributed by atoms with E-state index in [1.54, 1.807) is 25.4 Å². The Morgan fingerprint density at radius 3 is 2.80 bits per heavy atom. The van der Waals surface area contributed by atoms with Crippen LogP contribution in [0.4, 0.5) is 11.5 Å². The molecular weight excluding hydrogens is 260 g/mol. The van der Waals surface area contributed by atoms with E-state index in [-0.39, 0.29) is 11.6 Å². The highest BCUT2D eigenvalue weighted by Crippen LogP contribution is 2.32. The van der Waals surface area contributed by atoms with Gasteiger partial charge in [0, 0.05) is 19.2 Å². The van der Waals surface area contributed by atoms with Crippen molar-refractivity contribution in [3.05, 3.63) is 39.8 Å². The maximum Gasteiger partial charge on any atom is 0.334 e. The number of nitrogens with zero attached hydrogens (tertiary/aromatic N) is 5. The van der Waals surface area contributed by atoms with E-state index >= 15 is 0 Å². The Morgan fingerprint density at radius 2 is 2.25 bits per heavy atom. The fourth-order valence-electron chi connectivity index (χ4n) is 1.90. The van der Waals surface area contributed by atoms with E-state index in [2.05, 4.69) is 20.6 Å². The van der Waals surface area contributed by atoms with Crippen LogP contribution >= 0.6 is 0 Å². The van der Waals surface area contributed by atoms with Gasteiger partial charge < -0.3 is 5.32 Å². The summed E-state index contributed by atoms with van der Waals surface area (Å²) in [6.07, 6.45) is 1.58. The normalized spacial score (nSPS) is 10.8. The number of nitro groups is 1. The van der Waals surface area contributed by atoms with Crippen molar-refractivity contribution in [2.75, 3.05) is 5.32 Å². The van der Waals surface area contributed by atoms with Gasteiger partial charge >= 0.3 is 5.69 Å². The Morgan fingerprint density at radius 1 is 1.50 bits per heavy atom. The molecule has 8 nitrogen and oxygen atoms in total. The summed E-state index contributed by atoms with van der Waals surface area (Å²) in [4.78, 5) is 10.9. The van der Waals surface area contributed by atoms with Gasteiger partial charge in [0.15, 0.2) is 0 Å². The number of hydrogen-bond acceptors (Lipinski definition) is 6. The summed E-state index contributed by atoms with van der Waals surface area (Å²) in [6, 6.07) is 3.56. The monoisotopic (exact) mass is 276 g/mol. The fraction of sp³-hybridized carbons (Fsp3) is 0.417. The van der Waals surface area contributed by atoms with E-state index in [0.29, 0.717) is 23.8 Å². The lowest BCUT2D eigenvalue weighted by molar-refractivity contribution is -0.384. The van der Waals surface area contributed by atoms with Crippen LogP contribution in [0.5, 0.6) is 0 Å². The number of nitrogens with one attached hydrogen (secondary N) is 1. The molecule has 0 bridgehead atoms. The van der Waals surface area contributed by atoms with Crippen LogP contribution in [0.3, 0.4) is 0 Å². The predicted molar refractivity (Wildman–Crippen MR) is 73.3 cm³/mol. The Hall–Kier alpha value is -2.51. The number of aromatic nitrogens is 4. The topological polar surface area (TPSA) is 98.8 Å². The molecule has 2 aromatic rings. The molecule has 0 atom stereocenters. The fourth-order valence-corrected chi connectivity index (χ4v) is 1.90. The van der Waals surface area contributed by atoms with Gasteiger partial charge in [-0.1, -0.05) is 13.8 Å². The van der Waals surface area contributed by atoms with Gasteiger partial charge in [-0.05, 0) is 12.1 Å². The predicted octanol–water partition coefficient (Wildman–Crippen LogP) is 1.85. The van der Waals surface area contributed by atoms with Gasteiger partial charge in [0.25, 0.3) is 0 Å². The lowest BCUT2D eigenvalue weighted by Crippen LogP contribution is -2.07. The van der Waals surface area contributed by atoms with E-state index in [9.17, 15) is 10.1 Å². The minimum Gasteiger partial charge on any atom is -0.359 e. The second kappa shape index (κ2) is 5.64. The third-order valence-corrected chi connectivity index (χ3v) is 2.84. The first kappa shape index (κ1) is 13.9. The summed E-state index contributed by atoms with van der Waals surface area (Å²) in [7, 11) is 1.68. The molecule has 0 aliphatic rings. The van der Waals surface area contributed by atoms with Crippen LogP contribution in [0.15, 0.2) is 18.3 Å². The molecular formula is C12H16N6O2. The van der Waals surface area contributed by atoms with Crippen LogP contribution in [0, 0.1) is 10.1 Å². The SMILES string of the molecule is CC(C)c1nn(C)c(NCc2cccnn2)c1[N+](=O)[O-]. The second-order valence-electron chi connectivity index (χ2n) is 4.69. The molecule has 0 saturated heterocycles. The zero-order chi connectivity index (χ0) is 14.7. The standard InChI is InChI=1S/C12H16N6O2/c1-8(2)10-11(18(19)20)12(17(3)16-10)13-7-9-5-4-6-14-15-9/h4-6,8,13H,7H2,1-3H3. The molecule has 0 spiro atoms. The van der Waals surface area contributed by atoms with Gasteiger partial charge in [0.1, 0.15) is 5.69 Å². The van der Waals surface area contributed by atoms with Gasteiger partial charge in [-0.25, -0.2) is 4.68 Å². The van der Waals surface area contributed by atoms with Crippen LogP contribution in [-0.2, 0) is 13.6 Å². The van der Waals surface area contributed by atoms with Crippen molar-refractivity contribution in [2.45, 2.75) is 26.3 Å². The number of rotatable bonds is 5. The molecule has 2 aromatic heterocycles. The van der Waals surface area contributed by atoms with E-state index in [4.69, 9.17) is 0 Å². The van der Waals surface area contributed by atoms with Crippen LogP contribution in [0.2, 0.25) is 0 Å². The lowest BCUT2D eigenvalue weighted by Gasteiger charge is -2.05. The number of hydrogen-bond donors (Lipinski definition) is 1. The number of anilines is 1. The van der Waals surface area contributed by atoms with E-state index in [1.807, 2.05) is 13.8 Å². The van der Waals surface area contributed by atoms with Crippen molar-refractivity contribution in [2.24, 2.45) is 7.05 Å². The van der Waals surface area contributed by atoms with Crippen LogP contribution in [0.1, 0.15) is 31.2 Å². The Bertz CT molecular complexity index is 608. The average Bonchev–Trinajstić information content (AvgIpc) is 2.75. The van der Waals surface area contributed by atoms with Crippen LogP contribution in [-0.4, -0.2) is 24.9 Å². The summed E-state index contributed by atoms with van der Waals surface area (Å²) in [6.45, 7) is 4.11. The molecule has 0 unspecified atom stereocenters. The van der Waals surface area contributed by atoms with E-state index in [1.165, 1.54) is 4.68 Å². The summed E-state index contributed by atoms with van der Waals surface area (Å²) in [5.41, 5.74) is 1.19. The first-order chi connectivity index (χ1) is 9.50. The minimum atomic E-state index is -0.401.